The zero-order valence-corrected chi connectivity index (χ0v) is 8.49. The fraction of sp³-hybridized carbons (Fsp3) is 0. The van der Waals surface area contributed by atoms with Crippen molar-refractivity contribution in [1.82, 2.24) is 15.0 Å². The second kappa shape index (κ2) is 4.14. The predicted octanol–water partition coefficient (Wildman–Crippen LogP) is 0.898. The molecule has 0 amide bonds. The molecule has 0 aromatic carbocycles. The summed E-state index contributed by atoms with van der Waals surface area (Å²) in [7, 11) is 0. The summed E-state index contributed by atoms with van der Waals surface area (Å²) in [6.07, 6.45) is 4.62. The first-order valence-electron chi connectivity index (χ1n) is 4.19. The Hall–Kier alpha value is -1.82. The summed E-state index contributed by atoms with van der Waals surface area (Å²) in [4.78, 5) is 21.9. The zero-order chi connectivity index (χ0) is 10.7. The van der Waals surface area contributed by atoms with Crippen molar-refractivity contribution >= 4 is 17.4 Å². The summed E-state index contributed by atoms with van der Waals surface area (Å²) in [5, 5.41) is 0.921. The molecule has 0 unspecified atom stereocenters. The molecule has 3 N–H and O–H groups in total. The molecule has 2 aromatic rings. The maximum Gasteiger partial charge on any atom is 0.280 e. The Labute approximate surface area is 89.8 Å². The summed E-state index contributed by atoms with van der Waals surface area (Å²) in [5.74, 6) is 0. The fourth-order valence-corrected chi connectivity index (χ4v) is 1.74. The minimum Gasteiger partial charge on any atom is -0.397 e. The van der Waals surface area contributed by atoms with Gasteiger partial charge in [0, 0.05) is 18.6 Å². The van der Waals surface area contributed by atoms with Crippen molar-refractivity contribution < 1.29 is 0 Å². The summed E-state index contributed by atoms with van der Waals surface area (Å²) in [6, 6.07) is 3.47. The van der Waals surface area contributed by atoms with Crippen LogP contribution in [0.3, 0.4) is 0 Å². The van der Waals surface area contributed by atoms with Crippen LogP contribution in [0.25, 0.3) is 0 Å². The zero-order valence-electron chi connectivity index (χ0n) is 7.68. The van der Waals surface area contributed by atoms with Crippen molar-refractivity contribution in [1.29, 1.82) is 0 Å². The van der Waals surface area contributed by atoms with Crippen LogP contribution in [-0.4, -0.2) is 15.0 Å². The van der Waals surface area contributed by atoms with Crippen LogP contribution in [0, 0.1) is 0 Å². The van der Waals surface area contributed by atoms with E-state index in [0.29, 0.717) is 15.7 Å². The van der Waals surface area contributed by atoms with Crippen LogP contribution >= 0.6 is 11.8 Å². The number of hydrogen-bond donors (Lipinski definition) is 2. The first kappa shape index (κ1) is 9.72. The monoisotopic (exact) mass is 220 g/mol. The molecular weight excluding hydrogens is 212 g/mol. The largest absolute Gasteiger partial charge is 0.397 e. The maximum atomic E-state index is 11.3. The van der Waals surface area contributed by atoms with Crippen LogP contribution in [0.1, 0.15) is 0 Å². The van der Waals surface area contributed by atoms with Gasteiger partial charge in [-0.2, -0.15) is 0 Å². The lowest BCUT2D eigenvalue weighted by Crippen LogP contribution is -2.09. The van der Waals surface area contributed by atoms with E-state index >= 15 is 0 Å². The Morgan fingerprint density at radius 2 is 2.07 bits per heavy atom. The average molecular weight is 220 g/mol. The number of nitrogen functional groups attached to an aromatic ring is 1. The Balaban J connectivity index is 2.34. The highest BCUT2D eigenvalue weighted by molar-refractivity contribution is 7.99. The number of pyridine rings is 1. The molecule has 0 aliphatic carbocycles. The maximum absolute atomic E-state index is 11.3. The van der Waals surface area contributed by atoms with E-state index in [0.717, 1.165) is 11.8 Å². The van der Waals surface area contributed by atoms with E-state index in [1.165, 1.54) is 12.4 Å². The molecule has 0 spiro atoms. The molecule has 0 bridgehead atoms. The molecule has 0 aliphatic heterocycles. The van der Waals surface area contributed by atoms with E-state index < -0.39 is 0 Å². The highest BCUT2D eigenvalue weighted by Crippen LogP contribution is 2.25. The number of nitrogens with one attached hydrogen (secondary N) is 1. The third-order valence-electron chi connectivity index (χ3n) is 1.67. The molecule has 15 heavy (non-hydrogen) atoms. The van der Waals surface area contributed by atoms with Crippen molar-refractivity contribution in [2.75, 3.05) is 5.73 Å². The second-order valence-electron chi connectivity index (χ2n) is 2.72. The van der Waals surface area contributed by atoms with E-state index in [2.05, 4.69) is 15.0 Å². The molecular formula is C9H8N4OS. The molecule has 76 valence electrons. The van der Waals surface area contributed by atoms with Gasteiger partial charge in [0.1, 0.15) is 5.03 Å². The highest BCUT2D eigenvalue weighted by atomic mass is 32.2. The number of H-pyrrole nitrogens is 1. The number of anilines is 1. The standard InChI is InChI=1S/C9H8N4OS/c10-6-2-1-3-12-8(6)15-9-7(14)11-4-5-13-9/h1-5H,10H2,(H,11,14). The number of aromatic amines is 1. The molecule has 2 heterocycles. The minimum absolute atomic E-state index is 0.243. The van der Waals surface area contributed by atoms with E-state index in [1.807, 2.05) is 0 Å². The second-order valence-corrected chi connectivity index (χ2v) is 3.70. The first-order valence-corrected chi connectivity index (χ1v) is 5.01. The number of hydrogen-bond acceptors (Lipinski definition) is 5. The SMILES string of the molecule is Nc1cccnc1Sc1ncc[nH]c1=O. The average Bonchev–Trinajstić information content (AvgIpc) is 2.24. The summed E-state index contributed by atoms with van der Waals surface area (Å²) < 4.78 is 0. The Morgan fingerprint density at radius 1 is 1.27 bits per heavy atom. The van der Waals surface area contributed by atoms with Crippen LogP contribution in [0.4, 0.5) is 5.69 Å². The Bertz CT molecular complexity index is 525. The van der Waals surface area contributed by atoms with Gasteiger partial charge in [0.25, 0.3) is 5.56 Å². The van der Waals surface area contributed by atoms with E-state index in [1.54, 1.807) is 18.3 Å². The molecule has 0 atom stereocenters. The molecule has 0 saturated heterocycles. The van der Waals surface area contributed by atoms with Crippen molar-refractivity contribution in [3.05, 3.63) is 41.1 Å². The summed E-state index contributed by atoms with van der Waals surface area (Å²) in [6.45, 7) is 0. The molecule has 2 aromatic heterocycles. The lowest BCUT2D eigenvalue weighted by molar-refractivity contribution is 0.991. The molecule has 0 saturated carbocycles. The van der Waals surface area contributed by atoms with Gasteiger partial charge < -0.3 is 10.7 Å². The molecule has 0 radical (unpaired) electrons. The van der Waals surface area contributed by atoms with Gasteiger partial charge in [-0.1, -0.05) is 0 Å². The van der Waals surface area contributed by atoms with Crippen molar-refractivity contribution in [2.24, 2.45) is 0 Å². The van der Waals surface area contributed by atoms with Crippen LogP contribution < -0.4 is 11.3 Å². The van der Waals surface area contributed by atoms with Crippen molar-refractivity contribution in [3.8, 4) is 0 Å². The molecule has 6 heteroatoms. The molecule has 0 fully saturated rings. The van der Waals surface area contributed by atoms with Crippen molar-refractivity contribution in [2.45, 2.75) is 10.1 Å². The number of rotatable bonds is 2. The van der Waals surface area contributed by atoms with Gasteiger partial charge in [-0.15, -0.1) is 0 Å². The topological polar surface area (TPSA) is 84.7 Å². The van der Waals surface area contributed by atoms with Crippen LogP contribution in [0.5, 0.6) is 0 Å². The van der Waals surface area contributed by atoms with Gasteiger partial charge >= 0.3 is 0 Å². The predicted molar refractivity (Wildman–Crippen MR) is 57.6 cm³/mol. The quantitative estimate of drug-likeness (QED) is 0.785. The molecule has 0 aliphatic rings. The smallest absolute Gasteiger partial charge is 0.280 e. The Morgan fingerprint density at radius 3 is 2.80 bits per heavy atom. The van der Waals surface area contributed by atoms with Crippen molar-refractivity contribution in [3.63, 3.8) is 0 Å². The third kappa shape index (κ3) is 2.16. The lowest BCUT2D eigenvalue weighted by Gasteiger charge is -2.01. The van der Waals surface area contributed by atoms with Gasteiger partial charge in [-0.05, 0) is 23.9 Å². The summed E-state index contributed by atoms with van der Waals surface area (Å²) >= 11 is 1.15. The van der Waals surface area contributed by atoms with E-state index in [-0.39, 0.29) is 5.56 Å². The van der Waals surface area contributed by atoms with E-state index in [4.69, 9.17) is 5.73 Å². The van der Waals surface area contributed by atoms with E-state index in [9.17, 15) is 4.79 Å². The first-order chi connectivity index (χ1) is 7.27. The Kier molecular flexibility index (Phi) is 2.68. The van der Waals surface area contributed by atoms with Gasteiger partial charge in [-0.25, -0.2) is 9.97 Å². The van der Waals surface area contributed by atoms with Gasteiger partial charge in [0.15, 0.2) is 5.03 Å². The highest BCUT2D eigenvalue weighted by Gasteiger charge is 2.06. The number of nitrogens with zero attached hydrogens (tertiary/aromatic N) is 2. The third-order valence-corrected chi connectivity index (χ3v) is 2.69. The normalized spacial score (nSPS) is 10.1. The minimum atomic E-state index is -0.243. The molecule has 2 rings (SSSR count). The number of aromatic nitrogens is 3. The van der Waals surface area contributed by atoms with Gasteiger partial charge in [0.05, 0.1) is 5.69 Å². The van der Waals surface area contributed by atoms with Crippen LogP contribution in [0.15, 0.2) is 45.6 Å². The molecule has 5 nitrogen and oxygen atoms in total. The van der Waals surface area contributed by atoms with Gasteiger partial charge in [0.2, 0.25) is 0 Å². The summed E-state index contributed by atoms with van der Waals surface area (Å²) in [5.41, 5.74) is 5.99. The lowest BCUT2D eigenvalue weighted by atomic mass is 10.4. The van der Waals surface area contributed by atoms with Crippen LogP contribution in [0.2, 0.25) is 0 Å². The van der Waals surface area contributed by atoms with Gasteiger partial charge in [-0.3, -0.25) is 4.79 Å². The number of nitrogens with two attached hydrogens (primary N) is 1. The fourth-order valence-electron chi connectivity index (χ4n) is 0.991. The van der Waals surface area contributed by atoms with Crippen LogP contribution in [-0.2, 0) is 0 Å².